The van der Waals surface area contributed by atoms with Crippen LogP contribution in [0.1, 0.15) is 20.8 Å². The first-order valence-corrected chi connectivity index (χ1v) is 12.2. The van der Waals surface area contributed by atoms with E-state index in [-0.39, 0.29) is 9.77 Å². The number of rotatable bonds is 8. The number of nitrogens with zero attached hydrogens (tertiary/aromatic N) is 1. The van der Waals surface area contributed by atoms with Gasteiger partial charge in [0.2, 0.25) is 5.91 Å². The molecule has 0 aliphatic carbocycles. The Morgan fingerprint density at radius 1 is 1.00 bits per heavy atom. The number of esters is 1. The molecule has 10 heteroatoms. The number of carbonyl (C=O) groups is 2. The quantitative estimate of drug-likeness (QED) is 0.481. The van der Waals surface area contributed by atoms with Gasteiger partial charge in [0.05, 0.1) is 19.9 Å². The van der Waals surface area contributed by atoms with Gasteiger partial charge in [-0.15, -0.1) is 11.3 Å². The zero-order valence-corrected chi connectivity index (χ0v) is 20.2. The van der Waals surface area contributed by atoms with Gasteiger partial charge in [-0.1, -0.05) is 6.07 Å². The normalized spacial score (nSPS) is 11.0. The summed E-state index contributed by atoms with van der Waals surface area (Å²) < 4.78 is 38.1. The third-order valence-corrected chi connectivity index (χ3v) is 7.85. The molecule has 33 heavy (non-hydrogen) atoms. The fourth-order valence-corrected chi connectivity index (χ4v) is 5.79. The second-order valence-corrected chi connectivity index (χ2v) is 9.91. The van der Waals surface area contributed by atoms with Gasteiger partial charge in [0, 0.05) is 5.69 Å². The summed E-state index contributed by atoms with van der Waals surface area (Å²) in [7, 11) is -1.55. The molecule has 1 heterocycles. The number of methoxy groups -OCH3 is 2. The summed E-state index contributed by atoms with van der Waals surface area (Å²) in [5.41, 5.74) is 2.64. The van der Waals surface area contributed by atoms with Crippen molar-refractivity contribution < 1.29 is 27.5 Å². The van der Waals surface area contributed by atoms with Gasteiger partial charge >= 0.3 is 5.97 Å². The SMILES string of the molecule is COC(=O)c1sccc1S(=O)(=O)N(CC(=O)Nc1ccc(OC)cc1)c1ccc(C)c(C)c1. The molecule has 0 fully saturated rings. The fraction of sp³-hybridized carbons (Fsp3) is 0.217. The van der Waals surface area contributed by atoms with Crippen LogP contribution in [-0.2, 0) is 19.6 Å². The molecule has 1 N–H and O–H groups in total. The highest BCUT2D eigenvalue weighted by atomic mass is 32.2. The standard InChI is InChI=1S/C23H24N2O6S2/c1-15-5-8-18(13-16(15)2)25(14-21(26)24-17-6-9-19(30-3)10-7-17)33(28,29)20-11-12-32-22(20)23(27)31-4/h5-13H,14H2,1-4H3,(H,24,26). The molecule has 0 saturated carbocycles. The summed E-state index contributed by atoms with van der Waals surface area (Å²) in [5, 5.41) is 4.19. The van der Waals surface area contributed by atoms with Crippen LogP contribution in [0.5, 0.6) is 5.75 Å². The summed E-state index contributed by atoms with van der Waals surface area (Å²) >= 11 is 0.959. The zero-order valence-electron chi connectivity index (χ0n) is 18.6. The van der Waals surface area contributed by atoms with Gasteiger partial charge in [0.15, 0.2) is 0 Å². The van der Waals surface area contributed by atoms with Gasteiger partial charge in [-0.2, -0.15) is 0 Å². The minimum Gasteiger partial charge on any atom is -0.497 e. The number of benzene rings is 2. The highest BCUT2D eigenvalue weighted by Crippen LogP contribution is 2.30. The third kappa shape index (κ3) is 5.35. The molecule has 2 aromatic carbocycles. The third-order valence-electron chi connectivity index (χ3n) is 5.01. The Morgan fingerprint density at radius 2 is 1.70 bits per heavy atom. The smallest absolute Gasteiger partial charge is 0.349 e. The fourth-order valence-electron chi connectivity index (χ4n) is 3.06. The van der Waals surface area contributed by atoms with Crippen molar-refractivity contribution in [3.05, 3.63) is 69.9 Å². The maximum Gasteiger partial charge on any atom is 0.349 e. The predicted octanol–water partition coefficient (Wildman–Crippen LogP) is 3.99. The molecule has 174 valence electrons. The summed E-state index contributed by atoms with van der Waals surface area (Å²) in [6.45, 7) is 3.27. The molecule has 0 aliphatic rings. The molecule has 8 nitrogen and oxygen atoms in total. The van der Waals surface area contributed by atoms with Crippen molar-refractivity contribution in [2.75, 3.05) is 30.4 Å². The van der Waals surface area contributed by atoms with Crippen LogP contribution in [0.2, 0.25) is 0 Å². The average Bonchev–Trinajstić information content (AvgIpc) is 3.30. The number of amides is 1. The van der Waals surface area contributed by atoms with Gasteiger partial charge in [-0.05, 0) is 72.8 Å². The number of carbonyl (C=O) groups excluding carboxylic acids is 2. The lowest BCUT2D eigenvalue weighted by Gasteiger charge is -2.24. The van der Waals surface area contributed by atoms with E-state index < -0.39 is 28.4 Å². The van der Waals surface area contributed by atoms with E-state index in [2.05, 4.69) is 5.32 Å². The van der Waals surface area contributed by atoms with Crippen LogP contribution in [0.3, 0.4) is 0 Å². The van der Waals surface area contributed by atoms with E-state index in [1.165, 1.54) is 25.7 Å². The van der Waals surface area contributed by atoms with E-state index in [4.69, 9.17) is 9.47 Å². The van der Waals surface area contributed by atoms with Crippen LogP contribution < -0.4 is 14.4 Å². The predicted molar refractivity (Wildman–Crippen MR) is 128 cm³/mol. The maximum atomic E-state index is 13.6. The molecule has 0 saturated heterocycles. The van der Waals surface area contributed by atoms with Crippen LogP contribution in [0, 0.1) is 13.8 Å². The molecule has 0 radical (unpaired) electrons. The average molecular weight is 489 g/mol. The van der Waals surface area contributed by atoms with Crippen LogP contribution in [0.15, 0.2) is 58.8 Å². The minimum absolute atomic E-state index is 0.0538. The first-order chi connectivity index (χ1) is 15.7. The van der Waals surface area contributed by atoms with Gasteiger partial charge in [-0.3, -0.25) is 9.10 Å². The lowest BCUT2D eigenvalue weighted by Crippen LogP contribution is -2.38. The molecule has 0 aliphatic heterocycles. The Labute approximate surface area is 196 Å². The largest absolute Gasteiger partial charge is 0.497 e. The Balaban J connectivity index is 1.99. The Kier molecular flexibility index (Phi) is 7.39. The number of thiophene rings is 1. The van der Waals surface area contributed by atoms with Crippen LogP contribution >= 0.6 is 11.3 Å². The van der Waals surface area contributed by atoms with E-state index in [0.29, 0.717) is 17.1 Å². The first kappa shape index (κ1) is 24.3. The van der Waals surface area contributed by atoms with Gasteiger partial charge in [0.25, 0.3) is 10.0 Å². The van der Waals surface area contributed by atoms with Gasteiger partial charge in [-0.25, -0.2) is 13.2 Å². The van der Waals surface area contributed by atoms with Gasteiger partial charge < -0.3 is 14.8 Å². The van der Waals surface area contributed by atoms with E-state index >= 15 is 0 Å². The van der Waals surface area contributed by atoms with Crippen LogP contribution in [-0.4, -0.2) is 41.1 Å². The minimum atomic E-state index is -4.26. The van der Waals surface area contributed by atoms with E-state index in [9.17, 15) is 18.0 Å². The molecule has 1 aromatic heterocycles. The first-order valence-electron chi connectivity index (χ1n) is 9.87. The molecule has 3 rings (SSSR count). The summed E-state index contributed by atoms with van der Waals surface area (Å²) in [5.74, 6) is -0.678. The van der Waals surface area contributed by atoms with Crippen molar-refractivity contribution >= 4 is 44.6 Å². The number of sulfonamides is 1. The summed E-state index contributed by atoms with van der Waals surface area (Å²) in [4.78, 5) is 24.7. The number of nitrogens with one attached hydrogen (secondary N) is 1. The maximum absolute atomic E-state index is 13.6. The highest BCUT2D eigenvalue weighted by molar-refractivity contribution is 7.93. The second kappa shape index (κ2) is 10.1. The van der Waals surface area contributed by atoms with Crippen molar-refractivity contribution in [2.45, 2.75) is 18.7 Å². The molecule has 0 spiro atoms. The number of hydrogen-bond donors (Lipinski definition) is 1. The number of aryl methyl sites for hydroxylation is 2. The van der Waals surface area contributed by atoms with E-state index in [0.717, 1.165) is 26.8 Å². The van der Waals surface area contributed by atoms with Crippen LogP contribution in [0.4, 0.5) is 11.4 Å². The van der Waals surface area contributed by atoms with E-state index in [1.807, 2.05) is 13.8 Å². The number of anilines is 2. The molecule has 0 bridgehead atoms. The van der Waals surface area contributed by atoms with Crippen molar-refractivity contribution in [1.29, 1.82) is 0 Å². The molecule has 0 atom stereocenters. The Bertz CT molecular complexity index is 1270. The van der Waals surface area contributed by atoms with Crippen LogP contribution in [0.25, 0.3) is 0 Å². The molecule has 1 amide bonds. The van der Waals surface area contributed by atoms with Crippen molar-refractivity contribution in [2.24, 2.45) is 0 Å². The monoisotopic (exact) mass is 488 g/mol. The van der Waals surface area contributed by atoms with E-state index in [1.54, 1.807) is 42.5 Å². The Morgan fingerprint density at radius 3 is 2.30 bits per heavy atom. The van der Waals surface area contributed by atoms with Crippen molar-refractivity contribution in [3.8, 4) is 5.75 Å². The molecule has 0 unspecified atom stereocenters. The lowest BCUT2D eigenvalue weighted by molar-refractivity contribution is -0.114. The Hall–Kier alpha value is -3.37. The number of ether oxygens (including phenoxy) is 2. The molecular weight excluding hydrogens is 464 g/mol. The molecule has 3 aromatic rings. The summed E-state index contributed by atoms with van der Waals surface area (Å²) in [6, 6.07) is 13.1. The summed E-state index contributed by atoms with van der Waals surface area (Å²) in [6.07, 6.45) is 0. The molecular formula is C23H24N2O6S2. The van der Waals surface area contributed by atoms with Crippen molar-refractivity contribution in [1.82, 2.24) is 0 Å². The second-order valence-electron chi connectivity index (χ2n) is 7.16. The van der Waals surface area contributed by atoms with Crippen molar-refractivity contribution in [3.63, 3.8) is 0 Å². The topological polar surface area (TPSA) is 102 Å². The highest BCUT2D eigenvalue weighted by Gasteiger charge is 2.32. The zero-order chi connectivity index (χ0) is 24.2. The number of hydrogen-bond acceptors (Lipinski definition) is 7. The lowest BCUT2D eigenvalue weighted by atomic mass is 10.1. The van der Waals surface area contributed by atoms with Gasteiger partial charge in [0.1, 0.15) is 22.1 Å².